The highest BCUT2D eigenvalue weighted by Gasteiger charge is 2.56. The van der Waals surface area contributed by atoms with Crippen molar-refractivity contribution in [1.29, 1.82) is 0 Å². The lowest BCUT2D eigenvalue weighted by Crippen LogP contribution is -2.43. The first-order valence-corrected chi connectivity index (χ1v) is 13.7. The van der Waals surface area contributed by atoms with Gasteiger partial charge < -0.3 is 14.5 Å². The molecule has 0 fully saturated rings. The monoisotopic (exact) mass is 487 g/mol. The molecule has 5 rings (SSSR count). The Hall–Kier alpha value is -3.12. The first kappa shape index (κ1) is 23.6. The minimum Gasteiger partial charge on any atom is -0.456 e. The number of amides is 1. The molecule has 0 saturated heterocycles. The molecule has 3 aromatic rings. The van der Waals surface area contributed by atoms with Crippen molar-refractivity contribution in [3.63, 3.8) is 0 Å². The Morgan fingerprint density at radius 2 is 1.29 bits per heavy atom. The van der Waals surface area contributed by atoms with Crippen LogP contribution in [0.5, 0.6) is 11.5 Å². The molecule has 6 heteroatoms. The Morgan fingerprint density at radius 3 is 1.77 bits per heavy atom. The van der Waals surface area contributed by atoms with Gasteiger partial charge in [0.1, 0.15) is 17.0 Å². The van der Waals surface area contributed by atoms with Crippen LogP contribution in [0.2, 0.25) is 0 Å². The molecule has 0 saturated carbocycles. The fraction of sp³-hybridized carbons (Fsp3) is 0.345. The number of hydrogen-bond donors (Lipinski definition) is 0. The van der Waals surface area contributed by atoms with Crippen LogP contribution < -0.4 is 14.5 Å². The SMILES string of the molecule is CCN(CC)c1ccc2c(c1)Oc1cc(N(CC)CC)ccc1C21c2ccccc2C(=O)N1SC. The lowest BCUT2D eigenvalue weighted by atomic mass is 9.75. The van der Waals surface area contributed by atoms with Crippen molar-refractivity contribution in [3.8, 4) is 11.5 Å². The highest BCUT2D eigenvalue weighted by Crippen LogP contribution is 2.59. The zero-order valence-electron chi connectivity index (χ0n) is 21.2. The summed E-state index contributed by atoms with van der Waals surface area (Å²) in [6.07, 6.45) is 1.98. The number of benzene rings is 3. The van der Waals surface area contributed by atoms with Crippen LogP contribution in [-0.2, 0) is 5.54 Å². The molecule has 1 spiro atoms. The van der Waals surface area contributed by atoms with E-state index in [2.05, 4.69) is 80.0 Å². The Morgan fingerprint density at radius 1 is 0.771 bits per heavy atom. The van der Waals surface area contributed by atoms with Crippen LogP contribution in [0.4, 0.5) is 11.4 Å². The van der Waals surface area contributed by atoms with Crippen LogP contribution in [0.15, 0.2) is 60.7 Å². The quantitative estimate of drug-likeness (QED) is 0.355. The van der Waals surface area contributed by atoms with Gasteiger partial charge >= 0.3 is 0 Å². The number of carbonyl (C=O) groups excluding carboxylic acids is 1. The molecule has 0 radical (unpaired) electrons. The van der Waals surface area contributed by atoms with E-state index >= 15 is 0 Å². The average Bonchev–Trinajstić information content (AvgIpc) is 3.14. The zero-order chi connectivity index (χ0) is 24.7. The normalized spacial score (nSPS) is 14.9. The zero-order valence-corrected chi connectivity index (χ0v) is 22.0. The van der Waals surface area contributed by atoms with Gasteiger partial charge in [-0.05, 0) is 57.8 Å². The van der Waals surface area contributed by atoms with Gasteiger partial charge in [-0.2, -0.15) is 0 Å². The van der Waals surface area contributed by atoms with Crippen LogP contribution in [0.25, 0.3) is 0 Å². The predicted octanol–water partition coefficient (Wildman–Crippen LogP) is 6.51. The molecule has 0 aromatic heterocycles. The molecule has 1 amide bonds. The van der Waals surface area contributed by atoms with E-state index in [9.17, 15) is 4.79 Å². The summed E-state index contributed by atoms with van der Waals surface area (Å²) in [6.45, 7) is 12.3. The molecule has 2 aliphatic heterocycles. The lowest BCUT2D eigenvalue weighted by Gasteiger charge is -2.43. The Balaban J connectivity index is 1.82. The fourth-order valence-electron chi connectivity index (χ4n) is 5.71. The second-order valence-electron chi connectivity index (χ2n) is 8.85. The summed E-state index contributed by atoms with van der Waals surface area (Å²) in [7, 11) is 0. The number of hydrogen-bond acceptors (Lipinski definition) is 5. The summed E-state index contributed by atoms with van der Waals surface area (Å²) in [5, 5.41) is 0. The second-order valence-corrected chi connectivity index (χ2v) is 9.58. The first-order valence-electron chi connectivity index (χ1n) is 12.5. The molecule has 5 nitrogen and oxygen atoms in total. The first-order chi connectivity index (χ1) is 17.0. The standard InChI is InChI=1S/C29H33N3O2S/c1-6-30(7-2)20-14-16-24-26(18-20)34-27-19-21(31(8-3)9-4)15-17-25(27)29(24)23-13-11-10-12-22(23)28(33)32(29)35-5/h10-19H,6-9H2,1-5H3. The van der Waals surface area contributed by atoms with Gasteiger partial charge in [-0.25, -0.2) is 0 Å². The minimum absolute atomic E-state index is 0.0348. The summed E-state index contributed by atoms with van der Waals surface area (Å²) in [5.41, 5.74) is 5.27. The summed E-state index contributed by atoms with van der Waals surface area (Å²) in [5.74, 6) is 1.65. The largest absolute Gasteiger partial charge is 0.456 e. The summed E-state index contributed by atoms with van der Waals surface area (Å²) in [4.78, 5) is 18.3. The van der Waals surface area contributed by atoms with Gasteiger partial charge in [-0.1, -0.05) is 30.3 Å². The third kappa shape index (κ3) is 3.33. The number of ether oxygens (including phenoxy) is 1. The number of rotatable bonds is 7. The third-order valence-electron chi connectivity index (χ3n) is 7.41. The molecule has 3 aromatic carbocycles. The molecule has 0 aliphatic carbocycles. The van der Waals surface area contributed by atoms with Crippen LogP contribution in [0.3, 0.4) is 0 Å². The second kappa shape index (κ2) is 9.15. The smallest absolute Gasteiger partial charge is 0.265 e. The van der Waals surface area contributed by atoms with Crippen molar-refractivity contribution in [2.75, 3.05) is 42.2 Å². The minimum atomic E-state index is -0.750. The van der Waals surface area contributed by atoms with E-state index in [4.69, 9.17) is 4.74 Å². The summed E-state index contributed by atoms with van der Waals surface area (Å²) < 4.78 is 8.60. The summed E-state index contributed by atoms with van der Waals surface area (Å²) >= 11 is 1.48. The molecular weight excluding hydrogens is 454 g/mol. The molecule has 0 N–H and O–H groups in total. The van der Waals surface area contributed by atoms with Gasteiger partial charge in [0.15, 0.2) is 0 Å². The van der Waals surface area contributed by atoms with Crippen molar-refractivity contribution in [1.82, 2.24) is 4.31 Å². The van der Waals surface area contributed by atoms with E-state index in [-0.39, 0.29) is 5.91 Å². The van der Waals surface area contributed by atoms with Crippen LogP contribution in [0, 0.1) is 0 Å². The van der Waals surface area contributed by atoms with Crippen molar-refractivity contribution in [2.24, 2.45) is 0 Å². The third-order valence-corrected chi connectivity index (χ3v) is 8.21. The van der Waals surface area contributed by atoms with Gasteiger partial charge in [-0.3, -0.25) is 9.10 Å². The predicted molar refractivity (Wildman–Crippen MR) is 146 cm³/mol. The Bertz CT molecular complexity index is 1210. The van der Waals surface area contributed by atoms with E-state index in [0.29, 0.717) is 0 Å². The highest BCUT2D eigenvalue weighted by molar-refractivity contribution is 7.96. The van der Waals surface area contributed by atoms with Crippen molar-refractivity contribution >= 4 is 29.2 Å². The molecule has 35 heavy (non-hydrogen) atoms. The van der Waals surface area contributed by atoms with Crippen molar-refractivity contribution in [2.45, 2.75) is 33.2 Å². The molecular formula is C29H33N3O2S. The summed E-state index contributed by atoms with van der Waals surface area (Å²) in [6, 6.07) is 20.9. The topological polar surface area (TPSA) is 36.0 Å². The number of carbonyl (C=O) groups is 1. The van der Waals surface area contributed by atoms with Gasteiger partial charge in [0.05, 0.1) is 0 Å². The maximum Gasteiger partial charge on any atom is 0.265 e. The van der Waals surface area contributed by atoms with Gasteiger partial charge in [-0.15, -0.1) is 0 Å². The molecule has 0 unspecified atom stereocenters. The maximum atomic E-state index is 13.7. The Kier molecular flexibility index (Phi) is 6.18. The number of anilines is 2. The van der Waals surface area contributed by atoms with Crippen molar-refractivity contribution in [3.05, 3.63) is 82.9 Å². The molecule has 2 heterocycles. The van der Waals surface area contributed by atoms with Crippen LogP contribution >= 0.6 is 11.9 Å². The molecule has 0 bridgehead atoms. The molecule has 2 aliphatic rings. The molecule has 0 atom stereocenters. The van der Waals surface area contributed by atoms with E-state index in [1.807, 2.05) is 28.8 Å². The number of nitrogens with zero attached hydrogens (tertiary/aromatic N) is 3. The van der Waals surface area contributed by atoms with E-state index < -0.39 is 5.54 Å². The van der Waals surface area contributed by atoms with Crippen LogP contribution in [-0.4, -0.2) is 42.6 Å². The van der Waals surface area contributed by atoms with Gasteiger partial charge in [0, 0.05) is 78.2 Å². The highest BCUT2D eigenvalue weighted by atomic mass is 32.2. The lowest BCUT2D eigenvalue weighted by molar-refractivity contribution is 0.0841. The van der Waals surface area contributed by atoms with Gasteiger partial charge in [0.2, 0.25) is 0 Å². The van der Waals surface area contributed by atoms with E-state index in [0.717, 1.165) is 71.3 Å². The fourth-order valence-corrected chi connectivity index (χ4v) is 6.54. The maximum absolute atomic E-state index is 13.7. The molecule has 182 valence electrons. The van der Waals surface area contributed by atoms with Gasteiger partial charge in [0.25, 0.3) is 5.91 Å². The van der Waals surface area contributed by atoms with Crippen molar-refractivity contribution < 1.29 is 9.53 Å². The Labute approximate surface area is 212 Å². The van der Waals surface area contributed by atoms with Crippen LogP contribution in [0.1, 0.15) is 54.7 Å². The van der Waals surface area contributed by atoms with E-state index in [1.54, 1.807) is 0 Å². The number of fused-ring (bicyclic) bond motifs is 6. The average molecular weight is 488 g/mol. The van der Waals surface area contributed by atoms with E-state index in [1.165, 1.54) is 11.9 Å².